The van der Waals surface area contributed by atoms with Crippen LogP contribution in [-0.2, 0) is 4.74 Å². The Morgan fingerprint density at radius 2 is 1.97 bits per heavy atom. The zero-order valence-corrected chi connectivity index (χ0v) is 17.6. The molecule has 1 aliphatic heterocycles. The van der Waals surface area contributed by atoms with Crippen LogP contribution in [0.4, 0.5) is 8.78 Å². The lowest BCUT2D eigenvalue weighted by atomic mass is 9.87. The fourth-order valence-electron chi connectivity index (χ4n) is 4.11. The van der Waals surface area contributed by atoms with Gasteiger partial charge < -0.3 is 14.2 Å². The van der Waals surface area contributed by atoms with Gasteiger partial charge in [-0.15, -0.1) is 0 Å². The topological polar surface area (TPSA) is 43.3 Å². The van der Waals surface area contributed by atoms with E-state index < -0.39 is 6.61 Å². The highest BCUT2D eigenvalue weighted by molar-refractivity contribution is 5.80. The molecule has 0 spiro atoms. The lowest BCUT2D eigenvalue weighted by molar-refractivity contribution is -0.0730. The lowest BCUT2D eigenvalue weighted by Gasteiger charge is -2.39. The molecule has 1 atom stereocenters. The van der Waals surface area contributed by atoms with E-state index in [4.69, 9.17) is 14.6 Å². The maximum atomic E-state index is 12.7. The third-order valence-corrected chi connectivity index (χ3v) is 6.15. The molecule has 1 unspecified atom stereocenters. The summed E-state index contributed by atoms with van der Waals surface area (Å²) in [4.78, 5) is 0. The van der Waals surface area contributed by atoms with Gasteiger partial charge in [0, 0.05) is 13.7 Å². The molecular weight excluding hydrogens is 378 g/mol. The number of halogens is 2. The maximum absolute atomic E-state index is 12.7. The monoisotopic (exact) mass is 410 g/mol. The second kappa shape index (κ2) is 9.74. The van der Waals surface area contributed by atoms with Crippen LogP contribution in [0.3, 0.4) is 0 Å². The van der Waals surface area contributed by atoms with Crippen LogP contribution in [0, 0.1) is 5.92 Å². The molecule has 2 aliphatic rings. The van der Waals surface area contributed by atoms with Crippen molar-refractivity contribution in [3.8, 4) is 11.5 Å². The highest BCUT2D eigenvalue weighted by atomic mass is 19.3. The number of nitrogens with zero attached hydrogens (tertiary/aromatic N) is 2. The molecule has 2 fully saturated rings. The van der Waals surface area contributed by atoms with E-state index in [0.29, 0.717) is 18.3 Å². The van der Waals surface area contributed by atoms with E-state index in [0.717, 1.165) is 50.6 Å². The second-order valence-electron chi connectivity index (χ2n) is 7.88. The van der Waals surface area contributed by atoms with Crippen molar-refractivity contribution >= 4 is 6.21 Å². The highest BCUT2D eigenvalue weighted by Gasteiger charge is 2.41. The van der Waals surface area contributed by atoms with E-state index in [1.165, 1.54) is 6.07 Å². The number of rotatable bonds is 11. The Hall–Kier alpha value is -1.89. The Bertz CT molecular complexity index is 682. The van der Waals surface area contributed by atoms with Crippen LogP contribution >= 0.6 is 0 Å². The Kier molecular flexibility index (Phi) is 7.33. The summed E-state index contributed by atoms with van der Waals surface area (Å²) in [6, 6.07) is 5.19. The zero-order chi connectivity index (χ0) is 20.9. The van der Waals surface area contributed by atoms with Gasteiger partial charge in [0.25, 0.3) is 0 Å². The third-order valence-electron chi connectivity index (χ3n) is 6.15. The van der Waals surface area contributed by atoms with Crippen LogP contribution in [0.25, 0.3) is 0 Å². The summed E-state index contributed by atoms with van der Waals surface area (Å²) in [7, 11) is 1.78. The van der Waals surface area contributed by atoms with Gasteiger partial charge in [0.05, 0.1) is 24.5 Å². The molecule has 1 saturated heterocycles. The number of hydrazone groups is 1. The first kappa shape index (κ1) is 21.8. The fraction of sp³-hybridized carbons (Fsp3) is 0.682. The van der Waals surface area contributed by atoms with E-state index in [1.807, 2.05) is 0 Å². The largest absolute Gasteiger partial charge is 0.489 e. The summed E-state index contributed by atoms with van der Waals surface area (Å²) in [6.07, 6.45) is 7.98. The summed E-state index contributed by atoms with van der Waals surface area (Å²) < 4.78 is 41.7. The van der Waals surface area contributed by atoms with E-state index in [9.17, 15) is 8.78 Å². The Morgan fingerprint density at radius 3 is 2.59 bits per heavy atom. The van der Waals surface area contributed by atoms with Gasteiger partial charge in [0.1, 0.15) is 0 Å². The van der Waals surface area contributed by atoms with Gasteiger partial charge in [-0.1, -0.05) is 13.8 Å². The average molecular weight is 411 g/mol. The molecule has 7 heteroatoms. The first-order valence-electron chi connectivity index (χ1n) is 10.6. The van der Waals surface area contributed by atoms with Crippen LogP contribution in [0.1, 0.15) is 57.9 Å². The minimum atomic E-state index is -2.88. The van der Waals surface area contributed by atoms with E-state index in [2.05, 4.69) is 23.6 Å². The molecule has 0 bridgehead atoms. The molecule has 0 amide bonds. The van der Waals surface area contributed by atoms with E-state index in [1.54, 1.807) is 25.5 Å². The molecular formula is C22H32F2N2O3. The fourth-order valence-corrected chi connectivity index (χ4v) is 4.11. The molecule has 1 aromatic rings. The normalized spacial score (nSPS) is 20.1. The van der Waals surface area contributed by atoms with Crippen LogP contribution in [-0.4, -0.2) is 49.7 Å². The number of hydrogen-bond acceptors (Lipinski definition) is 5. The maximum Gasteiger partial charge on any atom is 0.387 e. The zero-order valence-electron chi connectivity index (χ0n) is 17.6. The Morgan fingerprint density at radius 1 is 1.21 bits per heavy atom. The van der Waals surface area contributed by atoms with Crippen molar-refractivity contribution in [3.05, 3.63) is 23.8 Å². The summed E-state index contributed by atoms with van der Waals surface area (Å²) in [5.74, 6) is 0.919. The van der Waals surface area contributed by atoms with Crippen LogP contribution in [0.2, 0.25) is 0 Å². The molecule has 1 aromatic carbocycles. The molecule has 29 heavy (non-hydrogen) atoms. The smallest absolute Gasteiger partial charge is 0.387 e. The number of ether oxygens (including phenoxy) is 3. The SMILES string of the molecule is CCC(CC)(OC)C1CCCN1/N=C/c1ccc(OC(F)F)c(OCC2CC2)c1. The predicted octanol–water partition coefficient (Wildman–Crippen LogP) is 5.08. The minimum Gasteiger partial charge on any atom is -0.489 e. The van der Waals surface area contributed by atoms with Crippen molar-refractivity contribution in [2.75, 3.05) is 20.3 Å². The Balaban J connectivity index is 1.75. The molecule has 1 heterocycles. The summed E-state index contributed by atoms with van der Waals surface area (Å²) in [5.41, 5.74) is 0.584. The number of benzene rings is 1. The van der Waals surface area contributed by atoms with Gasteiger partial charge in [-0.25, -0.2) is 0 Å². The molecule has 1 saturated carbocycles. The molecule has 3 rings (SSSR count). The number of alkyl halides is 2. The molecule has 162 valence electrons. The molecule has 0 aromatic heterocycles. The number of hydrogen-bond donors (Lipinski definition) is 0. The second-order valence-corrected chi connectivity index (χ2v) is 7.88. The lowest BCUT2D eigenvalue weighted by Crippen LogP contribution is -2.48. The van der Waals surface area contributed by atoms with Crippen molar-refractivity contribution in [1.82, 2.24) is 5.01 Å². The van der Waals surface area contributed by atoms with Gasteiger partial charge >= 0.3 is 6.61 Å². The van der Waals surface area contributed by atoms with Crippen molar-refractivity contribution < 1.29 is 23.0 Å². The van der Waals surface area contributed by atoms with Crippen molar-refractivity contribution in [2.24, 2.45) is 11.0 Å². The predicted molar refractivity (Wildman–Crippen MR) is 109 cm³/mol. The third kappa shape index (κ3) is 5.38. The van der Waals surface area contributed by atoms with Crippen molar-refractivity contribution in [2.45, 2.75) is 70.6 Å². The first-order valence-corrected chi connectivity index (χ1v) is 10.6. The van der Waals surface area contributed by atoms with Crippen LogP contribution in [0.5, 0.6) is 11.5 Å². The summed E-state index contributed by atoms with van der Waals surface area (Å²) in [5, 5.41) is 6.81. The first-order chi connectivity index (χ1) is 14.0. The molecule has 5 nitrogen and oxygen atoms in total. The van der Waals surface area contributed by atoms with Crippen molar-refractivity contribution in [3.63, 3.8) is 0 Å². The minimum absolute atomic E-state index is 0.0622. The van der Waals surface area contributed by atoms with Gasteiger partial charge in [0.15, 0.2) is 11.5 Å². The van der Waals surface area contributed by atoms with E-state index >= 15 is 0 Å². The van der Waals surface area contributed by atoms with Crippen LogP contribution in [0.15, 0.2) is 23.3 Å². The van der Waals surface area contributed by atoms with Crippen LogP contribution < -0.4 is 9.47 Å². The van der Waals surface area contributed by atoms with Gasteiger partial charge in [0.2, 0.25) is 0 Å². The van der Waals surface area contributed by atoms with Gasteiger partial charge in [-0.2, -0.15) is 13.9 Å². The average Bonchev–Trinajstić information content (AvgIpc) is 3.43. The number of methoxy groups -OCH3 is 1. The van der Waals surface area contributed by atoms with Crippen molar-refractivity contribution in [1.29, 1.82) is 0 Å². The highest BCUT2D eigenvalue weighted by Crippen LogP contribution is 2.36. The van der Waals surface area contributed by atoms with Gasteiger partial charge in [-0.3, -0.25) is 5.01 Å². The molecule has 0 radical (unpaired) electrons. The summed E-state index contributed by atoms with van der Waals surface area (Å²) >= 11 is 0. The summed E-state index contributed by atoms with van der Waals surface area (Å²) in [6.45, 7) is 2.83. The van der Waals surface area contributed by atoms with E-state index in [-0.39, 0.29) is 17.4 Å². The molecule has 0 N–H and O–H groups in total. The standard InChI is InChI=1S/C22H32F2N2O3/c1-4-22(5-2,27-3)20-7-6-12-26(20)25-14-17-10-11-18(29-21(23)24)19(13-17)28-15-16-8-9-16/h10-11,13-14,16,20-21H,4-9,12,15H2,1-3H3/b25-14+. The Labute approximate surface area is 172 Å². The quantitative estimate of drug-likeness (QED) is 0.477. The van der Waals surface area contributed by atoms with Gasteiger partial charge in [-0.05, 0) is 68.2 Å². The molecule has 1 aliphatic carbocycles.